The summed E-state index contributed by atoms with van der Waals surface area (Å²) in [4.78, 5) is 13.3. The number of halogens is 1. The van der Waals surface area contributed by atoms with E-state index in [1.807, 2.05) is 6.92 Å². The summed E-state index contributed by atoms with van der Waals surface area (Å²) in [5.74, 6) is -0.251. The highest BCUT2D eigenvalue weighted by atomic mass is 79.9. The molecule has 0 bridgehead atoms. The normalized spacial score (nSPS) is 10.0. The van der Waals surface area contributed by atoms with Crippen LogP contribution in [0.2, 0.25) is 0 Å². The van der Waals surface area contributed by atoms with Crippen molar-refractivity contribution in [3.8, 4) is 5.75 Å². The number of benzene rings is 1. The van der Waals surface area contributed by atoms with E-state index in [1.54, 1.807) is 26.2 Å². The van der Waals surface area contributed by atoms with Crippen LogP contribution in [0.25, 0.3) is 0 Å². The molecule has 0 saturated carbocycles. The Balaban J connectivity index is 3.26. The highest BCUT2D eigenvalue weighted by molar-refractivity contribution is 9.10. The van der Waals surface area contributed by atoms with Crippen molar-refractivity contribution in [2.24, 2.45) is 0 Å². The van der Waals surface area contributed by atoms with Crippen molar-refractivity contribution in [2.75, 3.05) is 26.0 Å². The molecule has 0 aliphatic carbocycles. The molecule has 4 nitrogen and oxygen atoms in total. The summed E-state index contributed by atoms with van der Waals surface area (Å²) in [7, 11) is 3.29. The van der Waals surface area contributed by atoms with Gasteiger partial charge in [0.1, 0.15) is 0 Å². The fourth-order valence-electron chi connectivity index (χ4n) is 1.33. The van der Waals surface area contributed by atoms with Crippen LogP contribution in [0.1, 0.15) is 17.3 Å². The Hall–Kier alpha value is -1.23. The van der Waals surface area contributed by atoms with Gasteiger partial charge in [0.25, 0.3) is 5.91 Å². The van der Waals surface area contributed by atoms with Crippen LogP contribution in [0.15, 0.2) is 16.6 Å². The third kappa shape index (κ3) is 2.47. The zero-order chi connectivity index (χ0) is 12.3. The fraction of sp³-hybridized carbons (Fsp3) is 0.364. The topological polar surface area (TPSA) is 52.6 Å². The van der Waals surface area contributed by atoms with E-state index in [9.17, 15) is 9.90 Å². The Bertz CT molecular complexity index is 405. The summed E-state index contributed by atoms with van der Waals surface area (Å²) in [6.07, 6.45) is 0. The minimum atomic E-state index is -0.232. The van der Waals surface area contributed by atoms with Crippen LogP contribution < -0.4 is 5.32 Å². The summed E-state index contributed by atoms with van der Waals surface area (Å²) in [6.45, 7) is 2.61. The number of phenols is 1. The number of phenolic OH excluding ortho intramolecular Hbond substituents is 1. The summed E-state index contributed by atoms with van der Waals surface area (Å²) >= 11 is 3.27. The lowest BCUT2D eigenvalue weighted by Crippen LogP contribution is -2.22. The zero-order valence-electron chi connectivity index (χ0n) is 9.54. The van der Waals surface area contributed by atoms with Crippen LogP contribution in [0.5, 0.6) is 5.75 Å². The van der Waals surface area contributed by atoms with Crippen LogP contribution in [0, 0.1) is 0 Å². The Kier molecular flexibility index (Phi) is 4.18. The van der Waals surface area contributed by atoms with Crippen molar-refractivity contribution < 1.29 is 9.90 Å². The highest BCUT2D eigenvalue weighted by Crippen LogP contribution is 2.33. The summed E-state index contributed by atoms with van der Waals surface area (Å²) in [5, 5.41) is 13.0. The number of aromatic hydroxyl groups is 1. The SMILES string of the molecule is CCNc1ccc(Br)c(C(=O)N(C)C)c1O. The average molecular weight is 287 g/mol. The first-order valence-electron chi connectivity index (χ1n) is 4.96. The minimum Gasteiger partial charge on any atom is -0.505 e. The van der Waals surface area contributed by atoms with Crippen molar-refractivity contribution in [3.05, 3.63) is 22.2 Å². The van der Waals surface area contributed by atoms with Crippen molar-refractivity contribution in [2.45, 2.75) is 6.92 Å². The quantitative estimate of drug-likeness (QED) is 0.839. The van der Waals surface area contributed by atoms with E-state index in [-0.39, 0.29) is 17.2 Å². The minimum absolute atomic E-state index is 0.0186. The number of nitrogens with zero attached hydrogens (tertiary/aromatic N) is 1. The van der Waals surface area contributed by atoms with Gasteiger partial charge in [-0.1, -0.05) is 0 Å². The van der Waals surface area contributed by atoms with Gasteiger partial charge in [-0.2, -0.15) is 0 Å². The van der Waals surface area contributed by atoms with Gasteiger partial charge in [-0.05, 0) is 35.0 Å². The molecular weight excluding hydrogens is 272 g/mol. The van der Waals surface area contributed by atoms with Gasteiger partial charge < -0.3 is 15.3 Å². The molecule has 0 aromatic heterocycles. The second kappa shape index (κ2) is 5.21. The predicted molar refractivity (Wildman–Crippen MR) is 68.0 cm³/mol. The van der Waals surface area contributed by atoms with Gasteiger partial charge in [0.15, 0.2) is 5.75 Å². The Morgan fingerprint density at radius 2 is 2.12 bits per heavy atom. The first kappa shape index (κ1) is 12.8. The number of nitrogens with one attached hydrogen (secondary N) is 1. The third-order valence-electron chi connectivity index (χ3n) is 2.11. The highest BCUT2D eigenvalue weighted by Gasteiger charge is 2.19. The number of hydrogen-bond acceptors (Lipinski definition) is 3. The zero-order valence-corrected chi connectivity index (χ0v) is 11.1. The molecule has 1 amide bonds. The molecule has 0 unspecified atom stereocenters. The Labute approximate surface area is 103 Å². The summed E-state index contributed by atoms with van der Waals surface area (Å²) < 4.78 is 0.588. The maximum absolute atomic E-state index is 11.9. The number of carbonyl (C=O) groups is 1. The fourth-order valence-corrected chi connectivity index (χ4v) is 1.82. The number of amides is 1. The van der Waals surface area contributed by atoms with Crippen molar-refractivity contribution >= 4 is 27.5 Å². The van der Waals surface area contributed by atoms with Crippen LogP contribution in [-0.4, -0.2) is 36.6 Å². The molecule has 0 fully saturated rings. The molecule has 88 valence electrons. The molecule has 5 heteroatoms. The molecule has 0 heterocycles. The van der Waals surface area contributed by atoms with Crippen molar-refractivity contribution in [1.82, 2.24) is 4.90 Å². The maximum Gasteiger partial charge on any atom is 0.258 e. The van der Waals surface area contributed by atoms with Gasteiger partial charge in [-0.25, -0.2) is 0 Å². The van der Waals surface area contributed by atoms with Gasteiger partial charge in [-0.3, -0.25) is 4.79 Å². The maximum atomic E-state index is 11.9. The van der Waals surface area contributed by atoms with Crippen molar-refractivity contribution in [3.63, 3.8) is 0 Å². The lowest BCUT2D eigenvalue weighted by molar-refractivity contribution is 0.0824. The van der Waals surface area contributed by atoms with E-state index in [0.29, 0.717) is 16.7 Å². The molecule has 0 radical (unpaired) electrons. The molecule has 0 aliphatic rings. The molecule has 1 aromatic rings. The Morgan fingerprint density at radius 1 is 1.50 bits per heavy atom. The molecule has 0 atom stereocenters. The number of rotatable bonds is 3. The van der Waals surface area contributed by atoms with Gasteiger partial charge in [0.05, 0.1) is 11.3 Å². The van der Waals surface area contributed by atoms with E-state index in [2.05, 4.69) is 21.2 Å². The number of hydrogen-bond donors (Lipinski definition) is 2. The van der Waals surface area contributed by atoms with E-state index in [1.165, 1.54) is 4.90 Å². The first-order valence-corrected chi connectivity index (χ1v) is 5.75. The summed E-state index contributed by atoms with van der Waals surface area (Å²) in [6, 6.07) is 3.48. The smallest absolute Gasteiger partial charge is 0.258 e. The third-order valence-corrected chi connectivity index (χ3v) is 2.78. The monoisotopic (exact) mass is 286 g/mol. The molecule has 1 rings (SSSR count). The van der Waals surface area contributed by atoms with Gasteiger partial charge >= 0.3 is 0 Å². The molecule has 0 saturated heterocycles. The van der Waals surface area contributed by atoms with Gasteiger partial charge in [0.2, 0.25) is 0 Å². The molecular formula is C11H15BrN2O2. The van der Waals surface area contributed by atoms with Crippen LogP contribution in [0.4, 0.5) is 5.69 Å². The molecule has 2 N–H and O–H groups in total. The van der Waals surface area contributed by atoms with Crippen molar-refractivity contribution in [1.29, 1.82) is 0 Å². The van der Waals surface area contributed by atoms with E-state index < -0.39 is 0 Å². The molecule has 0 spiro atoms. The molecule has 0 aliphatic heterocycles. The van der Waals surface area contributed by atoms with E-state index >= 15 is 0 Å². The molecule has 1 aromatic carbocycles. The van der Waals surface area contributed by atoms with Crippen LogP contribution in [-0.2, 0) is 0 Å². The summed E-state index contributed by atoms with van der Waals surface area (Å²) in [5.41, 5.74) is 0.847. The molecule has 16 heavy (non-hydrogen) atoms. The number of anilines is 1. The predicted octanol–water partition coefficient (Wildman–Crippen LogP) is 2.29. The second-order valence-corrected chi connectivity index (χ2v) is 4.40. The lowest BCUT2D eigenvalue weighted by atomic mass is 10.1. The lowest BCUT2D eigenvalue weighted by Gasteiger charge is -2.15. The average Bonchev–Trinajstić information content (AvgIpc) is 2.22. The van der Waals surface area contributed by atoms with Crippen LogP contribution >= 0.6 is 15.9 Å². The van der Waals surface area contributed by atoms with E-state index in [4.69, 9.17) is 0 Å². The number of carbonyl (C=O) groups excluding carboxylic acids is 1. The van der Waals surface area contributed by atoms with Gasteiger partial charge in [0, 0.05) is 25.1 Å². The first-order chi connectivity index (χ1) is 7.49. The largest absolute Gasteiger partial charge is 0.505 e. The Morgan fingerprint density at radius 3 is 2.62 bits per heavy atom. The second-order valence-electron chi connectivity index (χ2n) is 3.55. The van der Waals surface area contributed by atoms with Crippen LogP contribution in [0.3, 0.4) is 0 Å². The van der Waals surface area contributed by atoms with E-state index in [0.717, 1.165) is 0 Å². The standard InChI is InChI=1S/C11H15BrN2O2/c1-4-13-8-6-5-7(12)9(10(8)15)11(16)14(2)3/h5-6,13,15H,4H2,1-3H3. The van der Waals surface area contributed by atoms with Gasteiger partial charge in [-0.15, -0.1) is 0 Å².